The molecule has 0 saturated heterocycles. The van der Waals surface area contributed by atoms with Gasteiger partial charge in [-0.15, -0.1) is 0 Å². The van der Waals surface area contributed by atoms with Gasteiger partial charge in [-0.05, 0) is 33.6 Å². The summed E-state index contributed by atoms with van der Waals surface area (Å²) in [5.74, 6) is 0. The van der Waals surface area contributed by atoms with Crippen LogP contribution >= 0.6 is 0 Å². The minimum absolute atomic E-state index is 0.107. The number of ether oxygens (including phenoxy) is 2. The Morgan fingerprint density at radius 3 is 2.73 bits per heavy atom. The van der Waals surface area contributed by atoms with Crippen molar-refractivity contribution in [1.82, 2.24) is 0 Å². The lowest BCUT2D eigenvalue weighted by molar-refractivity contribution is -0.00514. The van der Waals surface area contributed by atoms with Gasteiger partial charge in [0.05, 0.1) is 18.8 Å². The zero-order chi connectivity index (χ0) is 11.7. The van der Waals surface area contributed by atoms with E-state index in [1.54, 1.807) is 6.92 Å². The maximum Gasteiger partial charge on any atom is 0.101 e. The van der Waals surface area contributed by atoms with Crippen molar-refractivity contribution in [3.8, 4) is 6.07 Å². The van der Waals surface area contributed by atoms with Crippen LogP contribution in [0.5, 0.6) is 0 Å². The average molecular weight is 214 g/mol. The topological polar surface area (TPSA) is 68.3 Å². The smallest absolute Gasteiger partial charge is 0.101 e. The van der Waals surface area contributed by atoms with Gasteiger partial charge in [-0.3, -0.25) is 0 Å². The molecule has 2 atom stereocenters. The van der Waals surface area contributed by atoms with E-state index in [1.807, 2.05) is 13.8 Å². The van der Waals surface area contributed by atoms with Gasteiger partial charge in [0, 0.05) is 13.2 Å². The third-order valence-electron chi connectivity index (χ3n) is 2.05. The van der Waals surface area contributed by atoms with Crippen molar-refractivity contribution in [2.45, 2.75) is 45.3 Å². The number of nitrogens with two attached hydrogens (primary N) is 1. The molecule has 0 aliphatic rings. The number of hydrogen-bond acceptors (Lipinski definition) is 4. The predicted molar refractivity (Wildman–Crippen MR) is 59.3 cm³/mol. The Morgan fingerprint density at radius 2 is 2.20 bits per heavy atom. The molecule has 0 aromatic rings. The minimum Gasteiger partial charge on any atom is -0.379 e. The maximum absolute atomic E-state index is 8.68. The highest BCUT2D eigenvalue weighted by Crippen LogP contribution is 2.07. The molecule has 0 amide bonds. The van der Waals surface area contributed by atoms with E-state index in [0.29, 0.717) is 26.2 Å². The third kappa shape index (κ3) is 8.37. The largest absolute Gasteiger partial charge is 0.379 e. The summed E-state index contributed by atoms with van der Waals surface area (Å²) in [4.78, 5) is 0. The zero-order valence-corrected chi connectivity index (χ0v) is 9.95. The highest BCUT2D eigenvalue weighted by atomic mass is 16.5. The molecule has 2 N–H and O–H groups in total. The van der Waals surface area contributed by atoms with E-state index in [1.165, 1.54) is 0 Å². The lowest BCUT2D eigenvalue weighted by Crippen LogP contribution is -2.34. The second-order valence-electron chi connectivity index (χ2n) is 3.97. The van der Waals surface area contributed by atoms with Gasteiger partial charge in [0.2, 0.25) is 0 Å². The number of hydrogen-bond donors (Lipinski definition) is 1. The first-order chi connectivity index (χ1) is 7.02. The summed E-state index contributed by atoms with van der Waals surface area (Å²) in [7, 11) is 0. The zero-order valence-electron chi connectivity index (χ0n) is 9.95. The SMILES string of the molecule is CCOCC(C)OCCCC(C)(N)C#N. The van der Waals surface area contributed by atoms with Crippen LogP contribution in [0.1, 0.15) is 33.6 Å². The van der Waals surface area contributed by atoms with Crippen molar-refractivity contribution in [3.63, 3.8) is 0 Å². The van der Waals surface area contributed by atoms with Gasteiger partial charge < -0.3 is 15.2 Å². The van der Waals surface area contributed by atoms with Crippen molar-refractivity contribution in [2.75, 3.05) is 19.8 Å². The molecule has 0 aliphatic carbocycles. The van der Waals surface area contributed by atoms with Gasteiger partial charge >= 0.3 is 0 Å². The quantitative estimate of drug-likeness (QED) is 0.621. The molecule has 4 nitrogen and oxygen atoms in total. The van der Waals surface area contributed by atoms with E-state index >= 15 is 0 Å². The predicted octanol–water partition coefficient (Wildman–Crippen LogP) is 1.45. The molecule has 88 valence electrons. The molecule has 0 spiro atoms. The molecule has 0 aromatic heterocycles. The van der Waals surface area contributed by atoms with Crippen LogP contribution in [0.3, 0.4) is 0 Å². The molecule has 4 heteroatoms. The van der Waals surface area contributed by atoms with Crippen LogP contribution in [0.2, 0.25) is 0 Å². The Balaban J connectivity index is 3.43. The monoisotopic (exact) mass is 214 g/mol. The first-order valence-corrected chi connectivity index (χ1v) is 5.41. The molecule has 2 unspecified atom stereocenters. The Bertz CT molecular complexity index is 199. The highest BCUT2D eigenvalue weighted by Gasteiger charge is 2.16. The Morgan fingerprint density at radius 1 is 1.53 bits per heavy atom. The van der Waals surface area contributed by atoms with Crippen molar-refractivity contribution >= 4 is 0 Å². The van der Waals surface area contributed by atoms with Crippen LogP contribution < -0.4 is 5.73 Å². The standard InChI is InChI=1S/C11H22N2O2/c1-4-14-8-10(2)15-7-5-6-11(3,13)9-12/h10H,4-8,13H2,1-3H3. The molecule has 0 bridgehead atoms. The Hall–Kier alpha value is -0.630. The summed E-state index contributed by atoms with van der Waals surface area (Å²) in [6.07, 6.45) is 1.57. The summed E-state index contributed by atoms with van der Waals surface area (Å²) < 4.78 is 10.7. The summed E-state index contributed by atoms with van der Waals surface area (Å²) in [6.45, 7) is 7.62. The summed E-state index contributed by atoms with van der Waals surface area (Å²) >= 11 is 0. The first kappa shape index (κ1) is 14.4. The number of nitrogens with zero attached hydrogens (tertiary/aromatic N) is 1. The molecule has 15 heavy (non-hydrogen) atoms. The van der Waals surface area contributed by atoms with Crippen LogP contribution in [0.15, 0.2) is 0 Å². The Labute approximate surface area is 92.3 Å². The van der Waals surface area contributed by atoms with Gasteiger partial charge in [-0.2, -0.15) is 5.26 Å². The molecule has 0 saturated carbocycles. The van der Waals surface area contributed by atoms with Crippen molar-refractivity contribution in [1.29, 1.82) is 5.26 Å². The fourth-order valence-electron chi connectivity index (χ4n) is 1.11. The lowest BCUT2D eigenvalue weighted by atomic mass is 10.00. The van der Waals surface area contributed by atoms with Gasteiger partial charge in [0.15, 0.2) is 0 Å². The summed E-state index contributed by atoms with van der Waals surface area (Å²) in [5.41, 5.74) is 4.94. The van der Waals surface area contributed by atoms with Gasteiger partial charge in [0.1, 0.15) is 5.54 Å². The van der Waals surface area contributed by atoms with E-state index in [0.717, 1.165) is 6.42 Å². The van der Waals surface area contributed by atoms with Gasteiger partial charge in [-0.25, -0.2) is 0 Å². The molecular formula is C11H22N2O2. The van der Waals surface area contributed by atoms with Gasteiger partial charge in [0.25, 0.3) is 0 Å². The molecule has 0 aliphatic heterocycles. The molecule has 0 radical (unpaired) electrons. The highest BCUT2D eigenvalue weighted by molar-refractivity contribution is 5.00. The van der Waals surface area contributed by atoms with E-state index in [-0.39, 0.29) is 6.10 Å². The summed E-state index contributed by atoms with van der Waals surface area (Å²) in [5, 5.41) is 8.68. The second kappa shape index (κ2) is 7.63. The van der Waals surface area contributed by atoms with Crippen LogP contribution in [-0.4, -0.2) is 31.5 Å². The average Bonchev–Trinajstić information content (AvgIpc) is 2.21. The third-order valence-corrected chi connectivity index (χ3v) is 2.05. The fourth-order valence-corrected chi connectivity index (χ4v) is 1.11. The van der Waals surface area contributed by atoms with Crippen LogP contribution in [0, 0.1) is 11.3 Å². The first-order valence-electron chi connectivity index (χ1n) is 5.41. The van der Waals surface area contributed by atoms with Crippen molar-refractivity contribution in [2.24, 2.45) is 5.73 Å². The van der Waals surface area contributed by atoms with Gasteiger partial charge in [-0.1, -0.05) is 0 Å². The van der Waals surface area contributed by atoms with E-state index in [2.05, 4.69) is 6.07 Å². The fraction of sp³-hybridized carbons (Fsp3) is 0.909. The molecule has 0 rings (SSSR count). The molecular weight excluding hydrogens is 192 g/mol. The molecule has 0 aromatic carbocycles. The molecule has 0 fully saturated rings. The van der Waals surface area contributed by atoms with Crippen molar-refractivity contribution < 1.29 is 9.47 Å². The number of rotatable bonds is 8. The normalized spacial score (nSPS) is 16.7. The van der Waals surface area contributed by atoms with E-state index in [4.69, 9.17) is 20.5 Å². The Kier molecular flexibility index (Phi) is 7.31. The van der Waals surface area contributed by atoms with Crippen molar-refractivity contribution in [3.05, 3.63) is 0 Å². The summed E-state index contributed by atoms with van der Waals surface area (Å²) in [6, 6.07) is 2.06. The molecule has 0 heterocycles. The van der Waals surface area contributed by atoms with E-state index in [9.17, 15) is 0 Å². The number of nitriles is 1. The van der Waals surface area contributed by atoms with E-state index < -0.39 is 5.54 Å². The van der Waals surface area contributed by atoms with Crippen LogP contribution in [0.25, 0.3) is 0 Å². The minimum atomic E-state index is -0.730. The maximum atomic E-state index is 8.68. The van der Waals surface area contributed by atoms with Crippen LogP contribution in [-0.2, 0) is 9.47 Å². The second-order valence-corrected chi connectivity index (χ2v) is 3.97. The lowest BCUT2D eigenvalue weighted by Gasteiger charge is -2.16. The van der Waals surface area contributed by atoms with Crippen LogP contribution in [0.4, 0.5) is 0 Å².